The lowest BCUT2D eigenvalue weighted by molar-refractivity contribution is 0.462. The van der Waals surface area contributed by atoms with E-state index in [0.717, 1.165) is 20.8 Å². The van der Waals surface area contributed by atoms with Gasteiger partial charge in [-0.2, -0.15) is 0 Å². The SMILES string of the molecule is NC(Cc1ccccc1Cl)c1occc1Br. The molecule has 16 heavy (non-hydrogen) atoms. The first-order chi connectivity index (χ1) is 7.68. The standard InChI is InChI=1S/C12H11BrClNO/c13-9-5-6-16-12(9)11(15)7-8-3-1-2-4-10(8)14/h1-6,11H,7,15H2. The van der Waals surface area contributed by atoms with Crippen molar-refractivity contribution in [1.82, 2.24) is 0 Å². The third-order valence-electron chi connectivity index (χ3n) is 2.38. The number of benzene rings is 1. The van der Waals surface area contributed by atoms with E-state index in [-0.39, 0.29) is 6.04 Å². The van der Waals surface area contributed by atoms with Crippen LogP contribution in [0.3, 0.4) is 0 Å². The van der Waals surface area contributed by atoms with Gasteiger partial charge in [0.05, 0.1) is 16.8 Å². The zero-order valence-electron chi connectivity index (χ0n) is 8.49. The van der Waals surface area contributed by atoms with E-state index in [0.29, 0.717) is 6.42 Å². The van der Waals surface area contributed by atoms with Crippen molar-refractivity contribution in [2.45, 2.75) is 12.5 Å². The van der Waals surface area contributed by atoms with Crippen molar-refractivity contribution >= 4 is 27.5 Å². The molecule has 84 valence electrons. The van der Waals surface area contributed by atoms with Gasteiger partial charge >= 0.3 is 0 Å². The van der Waals surface area contributed by atoms with Gasteiger partial charge in [-0.05, 0) is 40.0 Å². The van der Waals surface area contributed by atoms with E-state index in [1.807, 2.05) is 30.3 Å². The summed E-state index contributed by atoms with van der Waals surface area (Å²) in [6.07, 6.45) is 2.28. The Morgan fingerprint density at radius 3 is 2.69 bits per heavy atom. The molecule has 2 aromatic rings. The van der Waals surface area contributed by atoms with Gasteiger partial charge in [0.1, 0.15) is 5.76 Å². The van der Waals surface area contributed by atoms with E-state index in [2.05, 4.69) is 15.9 Å². The van der Waals surface area contributed by atoms with E-state index in [1.54, 1.807) is 6.26 Å². The second kappa shape index (κ2) is 5.04. The van der Waals surface area contributed by atoms with Gasteiger partial charge in [0.2, 0.25) is 0 Å². The maximum Gasteiger partial charge on any atom is 0.134 e. The summed E-state index contributed by atoms with van der Waals surface area (Å²) < 4.78 is 6.22. The third-order valence-corrected chi connectivity index (χ3v) is 3.40. The molecule has 2 N–H and O–H groups in total. The molecule has 1 aromatic heterocycles. The van der Waals surface area contributed by atoms with E-state index in [9.17, 15) is 0 Å². The fourth-order valence-electron chi connectivity index (χ4n) is 1.56. The maximum absolute atomic E-state index is 6.07. The average molecular weight is 301 g/mol. The molecule has 0 saturated carbocycles. The van der Waals surface area contributed by atoms with E-state index < -0.39 is 0 Å². The molecule has 2 nitrogen and oxygen atoms in total. The number of hydrogen-bond donors (Lipinski definition) is 1. The molecule has 1 unspecified atom stereocenters. The van der Waals surface area contributed by atoms with Crippen molar-refractivity contribution in [3.05, 3.63) is 57.4 Å². The van der Waals surface area contributed by atoms with Crippen molar-refractivity contribution in [1.29, 1.82) is 0 Å². The summed E-state index contributed by atoms with van der Waals surface area (Å²) in [4.78, 5) is 0. The van der Waals surface area contributed by atoms with E-state index in [4.69, 9.17) is 21.8 Å². The quantitative estimate of drug-likeness (QED) is 0.932. The molecule has 1 atom stereocenters. The Labute approximate surface area is 108 Å². The molecule has 0 radical (unpaired) electrons. The zero-order chi connectivity index (χ0) is 11.5. The van der Waals surface area contributed by atoms with Gasteiger partial charge in [0, 0.05) is 5.02 Å². The Kier molecular flexibility index (Phi) is 3.69. The monoisotopic (exact) mass is 299 g/mol. The van der Waals surface area contributed by atoms with Gasteiger partial charge in [0.25, 0.3) is 0 Å². The van der Waals surface area contributed by atoms with Gasteiger partial charge in [0.15, 0.2) is 0 Å². The largest absolute Gasteiger partial charge is 0.466 e. The highest BCUT2D eigenvalue weighted by Gasteiger charge is 2.15. The predicted octanol–water partition coefficient (Wildman–Crippen LogP) is 3.94. The number of hydrogen-bond acceptors (Lipinski definition) is 2. The molecule has 0 amide bonds. The van der Waals surface area contributed by atoms with Crippen molar-refractivity contribution in [2.75, 3.05) is 0 Å². The first kappa shape index (κ1) is 11.7. The Morgan fingerprint density at radius 2 is 2.06 bits per heavy atom. The van der Waals surface area contributed by atoms with Crippen LogP contribution in [0.4, 0.5) is 0 Å². The predicted molar refractivity (Wildman–Crippen MR) is 68.5 cm³/mol. The summed E-state index contributed by atoms with van der Waals surface area (Å²) in [5.41, 5.74) is 7.09. The van der Waals surface area contributed by atoms with Crippen LogP contribution in [0.1, 0.15) is 17.4 Å². The lowest BCUT2D eigenvalue weighted by Gasteiger charge is -2.10. The number of furan rings is 1. The molecule has 2 rings (SSSR count). The second-order valence-electron chi connectivity index (χ2n) is 3.53. The van der Waals surface area contributed by atoms with Crippen LogP contribution in [0.5, 0.6) is 0 Å². The molecular formula is C12H11BrClNO. The van der Waals surface area contributed by atoms with E-state index in [1.165, 1.54) is 0 Å². The van der Waals surface area contributed by atoms with Crippen molar-refractivity contribution < 1.29 is 4.42 Å². The summed E-state index contributed by atoms with van der Waals surface area (Å²) in [7, 11) is 0. The van der Waals surface area contributed by atoms with Crippen LogP contribution in [0.25, 0.3) is 0 Å². The molecule has 1 heterocycles. The first-order valence-electron chi connectivity index (χ1n) is 4.90. The molecule has 0 aliphatic carbocycles. The minimum atomic E-state index is -0.190. The summed E-state index contributed by atoms with van der Waals surface area (Å²) in [5, 5.41) is 0.737. The van der Waals surface area contributed by atoms with Crippen LogP contribution in [0, 0.1) is 0 Å². The molecule has 0 aliphatic rings. The summed E-state index contributed by atoms with van der Waals surface area (Å²) in [6.45, 7) is 0. The van der Waals surface area contributed by atoms with Crippen LogP contribution in [-0.4, -0.2) is 0 Å². The van der Waals surface area contributed by atoms with Gasteiger partial charge in [-0.15, -0.1) is 0 Å². The van der Waals surface area contributed by atoms with E-state index >= 15 is 0 Å². The highest BCUT2D eigenvalue weighted by molar-refractivity contribution is 9.10. The number of nitrogens with two attached hydrogens (primary N) is 1. The Morgan fingerprint density at radius 1 is 1.31 bits per heavy atom. The van der Waals surface area contributed by atoms with Gasteiger partial charge in [-0.1, -0.05) is 29.8 Å². The van der Waals surface area contributed by atoms with Crippen molar-refractivity contribution in [2.24, 2.45) is 5.73 Å². The summed E-state index contributed by atoms with van der Waals surface area (Å²) in [5.74, 6) is 0.750. The normalized spacial score (nSPS) is 12.7. The molecule has 0 bridgehead atoms. The smallest absolute Gasteiger partial charge is 0.134 e. The van der Waals surface area contributed by atoms with Crippen LogP contribution in [-0.2, 0) is 6.42 Å². The fraction of sp³-hybridized carbons (Fsp3) is 0.167. The Hall–Kier alpha value is -0.770. The maximum atomic E-state index is 6.07. The highest BCUT2D eigenvalue weighted by Crippen LogP contribution is 2.27. The fourth-order valence-corrected chi connectivity index (χ4v) is 2.27. The van der Waals surface area contributed by atoms with Crippen molar-refractivity contribution in [3.63, 3.8) is 0 Å². The topological polar surface area (TPSA) is 39.2 Å². The molecule has 0 saturated heterocycles. The minimum absolute atomic E-state index is 0.190. The summed E-state index contributed by atoms with van der Waals surface area (Å²) in [6, 6.07) is 9.33. The molecule has 1 aromatic carbocycles. The lowest BCUT2D eigenvalue weighted by Crippen LogP contribution is -2.13. The van der Waals surface area contributed by atoms with Crippen LogP contribution >= 0.6 is 27.5 Å². The molecule has 0 spiro atoms. The Balaban J connectivity index is 2.17. The first-order valence-corrected chi connectivity index (χ1v) is 6.07. The lowest BCUT2D eigenvalue weighted by atomic mass is 10.0. The number of rotatable bonds is 3. The highest BCUT2D eigenvalue weighted by atomic mass is 79.9. The van der Waals surface area contributed by atoms with Crippen molar-refractivity contribution in [3.8, 4) is 0 Å². The Bertz CT molecular complexity index is 483. The molecule has 4 heteroatoms. The second-order valence-corrected chi connectivity index (χ2v) is 4.80. The van der Waals surface area contributed by atoms with Gasteiger partial charge in [-0.25, -0.2) is 0 Å². The zero-order valence-corrected chi connectivity index (χ0v) is 10.8. The van der Waals surface area contributed by atoms with Gasteiger partial charge < -0.3 is 10.2 Å². The average Bonchev–Trinajstić information content (AvgIpc) is 2.68. The third kappa shape index (κ3) is 2.48. The summed E-state index contributed by atoms with van der Waals surface area (Å²) >= 11 is 9.46. The van der Waals surface area contributed by atoms with Crippen LogP contribution in [0.2, 0.25) is 5.02 Å². The molecule has 0 fully saturated rings. The minimum Gasteiger partial charge on any atom is -0.466 e. The van der Waals surface area contributed by atoms with Crippen LogP contribution < -0.4 is 5.73 Å². The van der Waals surface area contributed by atoms with Crippen LogP contribution in [0.15, 0.2) is 45.5 Å². The molecule has 0 aliphatic heterocycles. The number of halogens is 2. The molecular weight excluding hydrogens is 289 g/mol. The van der Waals surface area contributed by atoms with Gasteiger partial charge in [-0.3, -0.25) is 0 Å².